The molecular weight excluding hydrogens is 370 g/mol. The van der Waals surface area contributed by atoms with Crippen molar-refractivity contribution in [1.29, 1.82) is 0 Å². The maximum Gasteiger partial charge on any atom is 0.274 e. The number of rotatable bonds is 4. The number of nitrogens with one attached hydrogen (secondary N) is 1. The summed E-state index contributed by atoms with van der Waals surface area (Å²) in [6.07, 6.45) is 0. The number of benzene rings is 3. The number of nitrogens with zero attached hydrogens (tertiary/aromatic N) is 2. The van der Waals surface area contributed by atoms with Crippen LogP contribution in [0.5, 0.6) is 0 Å². The van der Waals surface area contributed by atoms with Gasteiger partial charge in [0.15, 0.2) is 0 Å². The highest BCUT2D eigenvalue weighted by molar-refractivity contribution is 6.30. The van der Waals surface area contributed by atoms with Crippen LogP contribution in [0.1, 0.15) is 16.2 Å². The molecule has 4 nitrogen and oxygen atoms in total. The lowest BCUT2D eigenvalue weighted by atomic mass is 10.1. The summed E-state index contributed by atoms with van der Waals surface area (Å²) in [5, 5.41) is 8.01. The summed E-state index contributed by atoms with van der Waals surface area (Å²) in [7, 11) is 0. The second-order valence-electron chi connectivity index (χ2n) is 6.46. The first-order chi connectivity index (χ1) is 13.6. The molecular formula is C23H18ClN3O. The second-order valence-corrected chi connectivity index (χ2v) is 6.89. The molecule has 0 bridgehead atoms. The Kier molecular flexibility index (Phi) is 4.96. The Labute approximate surface area is 168 Å². The predicted octanol–water partition coefficient (Wildman–Crippen LogP) is 5.75. The SMILES string of the molecule is Cc1cc(C(=O)Nc2ccc(Cl)cc2)n(-c2ccc(-c3ccccc3)cc2)n1. The summed E-state index contributed by atoms with van der Waals surface area (Å²) in [5.74, 6) is -0.227. The smallest absolute Gasteiger partial charge is 0.274 e. The molecule has 1 aromatic heterocycles. The molecule has 0 spiro atoms. The van der Waals surface area contributed by atoms with E-state index in [2.05, 4.69) is 22.5 Å². The fraction of sp³-hybridized carbons (Fsp3) is 0.0435. The highest BCUT2D eigenvalue weighted by Gasteiger charge is 2.16. The van der Waals surface area contributed by atoms with Crippen molar-refractivity contribution in [3.63, 3.8) is 0 Å². The summed E-state index contributed by atoms with van der Waals surface area (Å²) < 4.78 is 1.66. The summed E-state index contributed by atoms with van der Waals surface area (Å²) in [5.41, 5.74) is 5.01. The fourth-order valence-electron chi connectivity index (χ4n) is 3.01. The molecule has 28 heavy (non-hydrogen) atoms. The van der Waals surface area contributed by atoms with Crippen LogP contribution in [0.3, 0.4) is 0 Å². The summed E-state index contributed by atoms with van der Waals surface area (Å²) in [6, 6.07) is 26.9. The van der Waals surface area contributed by atoms with Crippen molar-refractivity contribution in [1.82, 2.24) is 9.78 Å². The van der Waals surface area contributed by atoms with Gasteiger partial charge in [0.1, 0.15) is 5.69 Å². The van der Waals surface area contributed by atoms with Crippen LogP contribution in [0, 0.1) is 6.92 Å². The van der Waals surface area contributed by atoms with E-state index in [-0.39, 0.29) is 5.91 Å². The molecule has 0 radical (unpaired) electrons. The Morgan fingerprint density at radius 2 is 1.54 bits per heavy atom. The van der Waals surface area contributed by atoms with E-state index in [0.717, 1.165) is 22.5 Å². The van der Waals surface area contributed by atoms with Gasteiger partial charge in [-0.2, -0.15) is 5.10 Å². The number of carbonyl (C=O) groups excluding carboxylic acids is 1. The van der Waals surface area contributed by atoms with Crippen LogP contribution in [0.25, 0.3) is 16.8 Å². The van der Waals surface area contributed by atoms with Crippen LogP contribution in [-0.2, 0) is 0 Å². The van der Waals surface area contributed by atoms with E-state index in [0.29, 0.717) is 16.4 Å². The van der Waals surface area contributed by atoms with Gasteiger partial charge in [0.05, 0.1) is 11.4 Å². The van der Waals surface area contributed by atoms with Gasteiger partial charge in [-0.3, -0.25) is 4.79 Å². The van der Waals surface area contributed by atoms with Gasteiger partial charge in [0, 0.05) is 10.7 Å². The molecule has 1 N–H and O–H groups in total. The van der Waals surface area contributed by atoms with Gasteiger partial charge >= 0.3 is 0 Å². The maximum absolute atomic E-state index is 12.8. The highest BCUT2D eigenvalue weighted by Crippen LogP contribution is 2.22. The molecule has 0 fully saturated rings. The summed E-state index contributed by atoms with van der Waals surface area (Å²) >= 11 is 5.90. The van der Waals surface area contributed by atoms with E-state index in [1.165, 1.54) is 0 Å². The molecule has 4 rings (SSSR count). The number of carbonyl (C=O) groups is 1. The molecule has 0 aliphatic rings. The van der Waals surface area contributed by atoms with Crippen molar-refractivity contribution in [2.45, 2.75) is 6.92 Å². The van der Waals surface area contributed by atoms with E-state index in [1.807, 2.05) is 49.4 Å². The third-order valence-corrected chi connectivity index (χ3v) is 4.64. The lowest BCUT2D eigenvalue weighted by Crippen LogP contribution is -2.16. The molecule has 1 amide bonds. The van der Waals surface area contributed by atoms with E-state index in [9.17, 15) is 4.79 Å². The van der Waals surface area contributed by atoms with Crippen LogP contribution in [0.15, 0.2) is 84.9 Å². The first kappa shape index (κ1) is 18.0. The van der Waals surface area contributed by atoms with Crippen LogP contribution in [-0.4, -0.2) is 15.7 Å². The minimum Gasteiger partial charge on any atom is -0.321 e. The predicted molar refractivity (Wildman–Crippen MR) is 113 cm³/mol. The molecule has 0 saturated carbocycles. The zero-order valence-electron chi connectivity index (χ0n) is 15.3. The Balaban J connectivity index is 1.62. The number of amides is 1. The van der Waals surface area contributed by atoms with E-state index in [4.69, 9.17) is 11.6 Å². The molecule has 0 atom stereocenters. The van der Waals surface area contributed by atoms with Crippen molar-refractivity contribution in [2.75, 3.05) is 5.32 Å². The number of anilines is 1. The maximum atomic E-state index is 12.8. The Hall–Kier alpha value is -3.37. The largest absolute Gasteiger partial charge is 0.321 e. The topological polar surface area (TPSA) is 46.9 Å². The molecule has 0 saturated heterocycles. The number of halogens is 1. The van der Waals surface area contributed by atoms with E-state index in [1.54, 1.807) is 35.0 Å². The standard InChI is InChI=1S/C23H18ClN3O/c1-16-15-22(23(28)25-20-11-9-19(24)10-12-20)27(26-16)21-13-7-18(8-14-21)17-5-3-2-4-6-17/h2-15H,1H3,(H,25,28). The average Bonchev–Trinajstić information content (AvgIpc) is 3.12. The molecule has 0 aliphatic carbocycles. The molecule has 138 valence electrons. The third kappa shape index (κ3) is 3.82. The Bertz CT molecular complexity index is 1100. The molecule has 1 heterocycles. The van der Waals surface area contributed by atoms with E-state index >= 15 is 0 Å². The minimum atomic E-state index is -0.227. The van der Waals surface area contributed by atoms with Crippen molar-refractivity contribution >= 4 is 23.2 Å². The van der Waals surface area contributed by atoms with Crippen molar-refractivity contribution in [2.24, 2.45) is 0 Å². The molecule has 5 heteroatoms. The fourth-order valence-corrected chi connectivity index (χ4v) is 3.14. The normalized spacial score (nSPS) is 10.6. The summed E-state index contributed by atoms with van der Waals surface area (Å²) in [6.45, 7) is 1.87. The molecule has 0 unspecified atom stereocenters. The van der Waals surface area contributed by atoms with Gasteiger partial charge in [-0.25, -0.2) is 4.68 Å². The average molecular weight is 388 g/mol. The van der Waals surface area contributed by atoms with Crippen LogP contribution < -0.4 is 5.32 Å². The number of hydrogen-bond donors (Lipinski definition) is 1. The number of aryl methyl sites for hydroxylation is 1. The zero-order valence-corrected chi connectivity index (χ0v) is 16.0. The Morgan fingerprint density at radius 1 is 0.893 bits per heavy atom. The lowest BCUT2D eigenvalue weighted by molar-refractivity contribution is 0.101. The quantitative estimate of drug-likeness (QED) is 0.484. The monoisotopic (exact) mass is 387 g/mol. The highest BCUT2D eigenvalue weighted by atomic mass is 35.5. The minimum absolute atomic E-state index is 0.227. The lowest BCUT2D eigenvalue weighted by Gasteiger charge is -2.09. The van der Waals surface area contributed by atoms with Gasteiger partial charge in [0.2, 0.25) is 0 Å². The molecule has 4 aromatic rings. The third-order valence-electron chi connectivity index (χ3n) is 4.39. The number of hydrogen-bond acceptors (Lipinski definition) is 2. The van der Waals surface area contributed by atoms with Crippen LogP contribution in [0.2, 0.25) is 5.02 Å². The number of aromatic nitrogens is 2. The molecule has 3 aromatic carbocycles. The van der Waals surface area contributed by atoms with E-state index < -0.39 is 0 Å². The van der Waals surface area contributed by atoms with Crippen LogP contribution in [0.4, 0.5) is 5.69 Å². The second kappa shape index (κ2) is 7.71. The van der Waals surface area contributed by atoms with Crippen molar-refractivity contribution in [3.05, 3.63) is 101 Å². The van der Waals surface area contributed by atoms with Gasteiger partial charge in [-0.1, -0.05) is 54.1 Å². The Morgan fingerprint density at radius 3 is 2.21 bits per heavy atom. The zero-order chi connectivity index (χ0) is 19.5. The van der Waals surface area contributed by atoms with Crippen LogP contribution >= 0.6 is 11.6 Å². The first-order valence-corrected chi connectivity index (χ1v) is 9.27. The first-order valence-electron chi connectivity index (χ1n) is 8.89. The molecule has 0 aliphatic heterocycles. The summed E-state index contributed by atoms with van der Waals surface area (Å²) in [4.78, 5) is 12.8. The van der Waals surface area contributed by atoms with Crippen molar-refractivity contribution in [3.8, 4) is 16.8 Å². The van der Waals surface area contributed by atoms with Gasteiger partial charge < -0.3 is 5.32 Å². The van der Waals surface area contributed by atoms with Gasteiger partial charge in [-0.15, -0.1) is 0 Å². The van der Waals surface area contributed by atoms with Gasteiger partial charge in [-0.05, 0) is 60.5 Å². The van der Waals surface area contributed by atoms with Crippen molar-refractivity contribution < 1.29 is 4.79 Å². The van der Waals surface area contributed by atoms with Gasteiger partial charge in [0.25, 0.3) is 5.91 Å².